The number of hydrogen-bond donors (Lipinski definition) is 3. The number of hydroxylamine groups is 1. The lowest BCUT2D eigenvalue weighted by atomic mass is 10.0. The largest absolute Gasteiger partial charge is 0.389 e. The minimum atomic E-state index is -3.83. The van der Waals surface area contributed by atoms with E-state index < -0.39 is 26.6 Å². The lowest BCUT2D eigenvalue weighted by molar-refractivity contribution is -0.131. The van der Waals surface area contributed by atoms with Gasteiger partial charge in [0.05, 0.1) is 6.10 Å². The van der Waals surface area contributed by atoms with Crippen LogP contribution in [-0.2, 0) is 21.2 Å². The molecule has 2 atom stereocenters. The van der Waals surface area contributed by atoms with Crippen LogP contribution in [-0.4, -0.2) is 46.3 Å². The van der Waals surface area contributed by atoms with E-state index in [0.29, 0.717) is 5.56 Å². The molecule has 0 saturated carbocycles. The molecule has 0 bridgehead atoms. The number of aliphatic hydroxyl groups excluding tert-OH is 1. The Bertz CT molecular complexity index is 1090. The number of nitrogens with zero attached hydrogens (tertiary/aromatic N) is 1. The number of hydrogen-bond acceptors (Lipinski definition) is 6. The molecule has 2 aromatic rings. The molecule has 1 unspecified atom stereocenters. The van der Waals surface area contributed by atoms with E-state index in [0.717, 1.165) is 17.4 Å². The maximum Gasteiger partial charge on any atom is 0.264 e. The summed E-state index contributed by atoms with van der Waals surface area (Å²) in [5.41, 5.74) is 3.48. The van der Waals surface area contributed by atoms with Gasteiger partial charge in [-0.3, -0.25) is 14.8 Å². The van der Waals surface area contributed by atoms with Crippen LogP contribution in [0.3, 0.4) is 0 Å². The summed E-state index contributed by atoms with van der Waals surface area (Å²) in [7, 11) is -3.83. The van der Waals surface area contributed by atoms with Gasteiger partial charge >= 0.3 is 0 Å². The summed E-state index contributed by atoms with van der Waals surface area (Å²) in [6.45, 7) is 2.86. The third-order valence-corrected chi connectivity index (χ3v) is 7.06. The first-order valence-corrected chi connectivity index (χ1v) is 11.2. The van der Waals surface area contributed by atoms with Gasteiger partial charge in [-0.15, -0.1) is 0 Å². The summed E-state index contributed by atoms with van der Waals surface area (Å²) in [5, 5.41) is 18.2. The minimum absolute atomic E-state index is 0.0147. The van der Waals surface area contributed by atoms with Crippen LogP contribution in [0.2, 0.25) is 0 Å². The average Bonchev–Trinajstić information content (AvgIpc) is 2.69. The molecule has 0 fully saturated rings. The van der Waals surface area contributed by atoms with Crippen molar-refractivity contribution < 1.29 is 23.5 Å². The molecule has 0 radical (unpaired) electrons. The number of carbonyl (C=O) groups is 1. The average molecular weight is 435 g/mol. The standard InChI is InChI=1S/C21H26N2O6S/c1-15(24)4-5-16-6-8-17(9-7-16)18-10-12-23(19(25)14-18)13-11-21(2,20(26)22-27)30(3,28)29/h4-10,12,14-15,24,27H,11,13H2,1-3H3,(H,22,26)/b5-4+/t15?,21-/m1/s1. The first kappa shape index (κ1) is 23.5. The number of sulfone groups is 1. The minimum Gasteiger partial charge on any atom is -0.389 e. The molecule has 1 heterocycles. The highest BCUT2D eigenvalue weighted by molar-refractivity contribution is 7.92. The fraction of sp³-hybridized carbons (Fsp3) is 0.333. The number of aromatic nitrogens is 1. The predicted octanol–water partition coefficient (Wildman–Crippen LogP) is 1.61. The molecule has 2 rings (SSSR count). The van der Waals surface area contributed by atoms with Gasteiger partial charge in [0.2, 0.25) is 0 Å². The van der Waals surface area contributed by atoms with Crippen LogP contribution < -0.4 is 11.0 Å². The van der Waals surface area contributed by atoms with E-state index >= 15 is 0 Å². The molecule has 0 saturated heterocycles. The number of nitrogens with one attached hydrogen (secondary N) is 1. The van der Waals surface area contributed by atoms with Crippen LogP contribution in [0.25, 0.3) is 17.2 Å². The van der Waals surface area contributed by atoms with Crippen molar-refractivity contribution in [3.63, 3.8) is 0 Å². The van der Waals surface area contributed by atoms with E-state index in [1.807, 2.05) is 24.3 Å². The molecule has 1 aromatic heterocycles. The van der Waals surface area contributed by atoms with Gasteiger partial charge in [0.25, 0.3) is 11.5 Å². The van der Waals surface area contributed by atoms with Gasteiger partial charge in [0.15, 0.2) is 14.6 Å². The van der Waals surface area contributed by atoms with Crippen molar-refractivity contribution in [3.8, 4) is 11.1 Å². The van der Waals surface area contributed by atoms with E-state index in [-0.39, 0.29) is 18.5 Å². The lowest BCUT2D eigenvalue weighted by Gasteiger charge is -2.25. The first-order chi connectivity index (χ1) is 14.0. The Labute approximate surface area is 175 Å². The Hall–Kier alpha value is -2.75. The number of rotatable bonds is 8. The molecule has 1 aromatic carbocycles. The van der Waals surface area contributed by atoms with Gasteiger partial charge in [-0.05, 0) is 43.0 Å². The van der Waals surface area contributed by atoms with Crippen LogP contribution in [0, 0.1) is 0 Å². The molecule has 0 aliphatic carbocycles. The molecule has 162 valence electrons. The molecular formula is C21H26N2O6S. The van der Waals surface area contributed by atoms with Crippen molar-refractivity contribution in [1.82, 2.24) is 10.0 Å². The van der Waals surface area contributed by atoms with E-state index in [1.165, 1.54) is 23.0 Å². The summed E-state index contributed by atoms with van der Waals surface area (Å²) >= 11 is 0. The van der Waals surface area contributed by atoms with Crippen LogP contribution in [0.15, 0.2) is 53.5 Å². The Morgan fingerprint density at radius 3 is 2.37 bits per heavy atom. The quantitative estimate of drug-likeness (QED) is 0.428. The lowest BCUT2D eigenvalue weighted by Crippen LogP contribution is -2.49. The van der Waals surface area contributed by atoms with Crippen LogP contribution in [0.1, 0.15) is 25.8 Å². The number of amides is 1. The number of aryl methyl sites for hydroxylation is 1. The van der Waals surface area contributed by atoms with Crippen LogP contribution in [0.5, 0.6) is 0 Å². The highest BCUT2D eigenvalue weighted by atomic mass is 32.2. The third-order valence-electron chi connectivity index (χ3n) is 5.04. The zero-order valence-corrected chi connectivity index (χ0v) is 17.9. The number of benzene rings is 1. The zero-order valence-electron chi connectivity index (χ0n) is 17.1. The molecule has 3 N–H and O–H groups in total. The fourth-order valence-electron chi connectivity index (χ4n) is 2.83. The summed E-state index contributed by atoms with van der Waals surface area (Å²) < 4.78 is 23.5. The van der Waals surface area contributed by atoms with Gasteiger partial charge in [-0.1, -0.05) is 36.4 Å². The van der Waals surface area contributed by atoms with E-state index in [2.05, 4.69) is 0 Å². The van der Waals surface area contributed by atoms with Gasteiger partial charge in [0, 0.05) is 25.1 Å². The molecule has 0 aliphatic heterocycles. The van der Waals surface area contributed by atoms with Crippen molar-refractivity contribution in [1.29, 1.82) is 0 Å². The molecule has 0 aliphatic rings. The number of pyridine rings is 1. The summed E-state index contributed by atoms with van der Waals surface area (Å²) in [5.74, 6) is -1.04. The Balaban J connectivity index is 2.21. The second kappa shape index (κ2) is 9.38. The highest BCUT2D eigenvalue weighted by Gasteiger charge is 2.43. The second-order valence-corrected chi connectivity index (χ2v) is 9.81. The zero-order chi connectivity index (χ0) is 22.5. The van der Waals surface area contributed by atoms with Gasteiger partial charge in [0.1, 0.15) is 0 Å². The van der Waals surface area contributed by atoms with E-state index in [1.54, 1.807) is 31.3 Å². The fourth-order valence-corrected chi connectivity index (χ4v) is 3.67. The van der Waals surface area contributed by atoms with Crippen molar-refractivity contribution >= 4 is 21.8 Å². The van der Waals surface area contributed by atoms with Crippen molar-refractivity contribution in [3.05, 3.63) is 64.6 Å². The van der Waals surface area contributed by atoms with Gasteiger partial charge in [-0.2, -0.15) is 0 Å². The maximum atomic E-state index is 12.5. The van der Waals surface area contributed by atoms with E-state index in [9.17, 15) is 23.1 Å². The monoisotopic (exact) mass is 434 g/mol. The summed E-state index contributed by atoms with van der Waals surface area (Å²) in [4.78, 5) is 24.4. The molecule has 8 nitrogen and oxygen atoms in total. The van der Waals surface area contributed by atoms with Gasteiger partial charge in [-0.25, -0.2) is 13.9 Å². The number of aliphatic hydroxyl groups is 1. The highest BCUT2D eigenvalue weighted by Crippen LogP contribution is 2.23. The SMILES string of the molecule is CC(O)/C=C/c1ccc(-c2ccn(CC[C@](C)(C(=O)NO)S(C)(=O)=O)c(=O)c2)cc1. The van der Waals surface area contributed by atoms with Crippen LogP contribution >= 0.6 is 0 Å². The molecule has 0 spiro atoms. The van der Waals surface area contributed by atoms with Gasteiger partial charge < -0.3 is 9.67 Å². The topological polar surface area (TPSA) is 126 Å². The summed E-state index contributed by atoms with van der Waals surface area (Å²) in [6, 6.07) is 10.6. The smallest absolute Gasteiger partial charge is 0.264 e. The van der Waals surface area contributed by atoms with E-state index in [4.69, 9.17) is 5.21 Å². The molecular weight excluding hydrogens is 408 g/mol. The second-order valence-electron chi connectivity index (χ2n) is 7.36. The Morgan fingerprint density at radius 1 is 1.23 bits per heavy atom. The van der Waals surface area contributed by atoms with Crippen molar-refractivity contribution in [2.45, 2.75) is 37.7 Å². The molecule has 1 amide bonds. The maximum absolute atomic E-state index is 12.5. The molecule has 30 heavy (non-hydrogen) atoms. The Morgan fingerprint density at radius 2 is 1.87 bits per heavy atom. The molecule has 9 heteroatoms. The first-order valence-electron chi connectivity index (χ1n) is 9.29. The Kier molecular flexibility index (Phi) is 7.35. The summed E-state index contributed by atoms with van der Waals surface area (Å²) in [6.07, 6.45) is 5.20. The van der Waals surface area contributed by atoms with Crippen molar-refractivity contribution in [2.24, 2.45) is 0 Å². The van der Waals surface area contributed by atoms with Crippen LogP contribution in [0.4, 0.5) is 0 Å². The predicted molar refractivity (Wildman–Crippen MR) is 115 cm³/mol. The number of carbonyl (C=O) groups excluding carboxylic acids is 1. The normalized spacial score (nSPS) is 15.0. The third kappa shape index (κ3) is 5.44. The van der Waals surface area contributed by atoms with Crippen molar-refractivity contribution in [2.75, 3.05) is 6.26 Å².